The molecule has 5 nitrogen and oxygen atoms in total. The van der Waals surface area contributed by atoms with Gasteiger partial charge >= 0.3 is 5.97 Å². The van der Waals surface area contributed by atoms with Crippen LogP contribution in [0.4, 0.5) is 0 Å². The molecule has 0 spiro atoms. The number of epoxide rings is 1. The van der Waals surface area contributed by atoms with Crippen LogP contribution in [0.25, 0.3) is 0 Å². The van der Waals surface area contributed by atoms with Gasteiger partial charge in [-0.15, -0.1) is 0 Å². The van der Waals surface area contributed by atoms with E-state index >= 15 is 0 Å². The van der Waals surface area contributed by atoms with Gasteiger partial charge in [0.25, 0.3) is 0 Å². The van der Waals surface area contributed by atoms with Gasteiger partial charge in [0.15, 0.2) is 5.78 Å². The fraction of sp³-hybridized carbons (Fsp3) is 0.867. The SMILES string of the molecule is C[C@@H]1C[C@H]2OC(=O)[C@@H](C)[C@H]2[C@H](O)[C@]2(C)C(=O)C3OC3[C@@H]12. The van der Waals surface area contributed by atoms with Gasteiger partial charge in [-0.05, 0) is 19.3 Å². The van der Waals surface area contributed by atoms with Crippen molar-refractivity contribution in [2.24, 2.45) is 29.1 Å². The lowest BCUT2D eigenvalue weighted by molar-refractivity contribution is -0.147. The van der Waals surface area contributed by atoms with Crippen molar-refractivity contribution in [1.82, 2.24) is 0 Å². The monoisotopic (exact) mass is 280 g/mol. The summed E-state index contributed by atoms with van der Waals surface area (Å²) in [4.78, 5) is 24.4. The highest BCUT2D eigenvalue weighted by Gasteiger charge is 2.73. The number of esters is 1. The molecule has 1 N–H and O–H groups in total. The van der Waals surface area contributed by atoms with E-state index in [1.165, 1.54) is 0 Å². The lowest BCUT2D eigenvalue weighted by Crippen LogP contribution is -2.50. The molecule has 20 heavy (non-hydrogen) atoms. The Balaban J connectivity index is 1.79. The van der Waals surface area contributed by atoms with Crippen molar-refractivity contribution in [2.75, 3.05) is 0 Å². The Hall–Kier alpha value is -0.940. The first-order valence-electron chi connectivity index (χ1n) is 7.45. The quantitative estimate of drug-likeness (QED) is 0.517. The molecule has 9 atom stereocenters. The van der Waals surface area contributed by atoms with Gasteiger partial charge in [-0.2, -0.15) is 0 Å². The van der Waals surface area contributed by atoms with Crippen LogP contribution in [0, 0.1) is 29.1 Å². The minimum Gasteiger partial charge on any atom is -0.462 e. The molecule has 2 heterocycles. The van der Waals surface area contributed by atoms with Gasteiger partial charge in [-0.3, -0.25) is 9.59 Å². The highest BCUT2D eigenvalue weighted by Crippen LogP contribution is 2.61. The smallest absolute Gasteiger partial charge is 0.309 e. The van der Waals surface area contributed by atoms with Crippen molar-refractivity contribution in [2.45, 2.75) is 51.6 Å². The molecule has 4 aliphatic rings. The minimum absolute atomic E-state index is 0.0130. The van der Waals surface area contributed by atoms with E-state index in [1.807, 2.05) is 6.92 Å². The molecule has 2 saturated carbocycles. The zero-order valence-electron chi connectivity index (χ0n) is 11.9. The van der Waals surface area contributed by atoms with Crippen LogP contribution >= 0.6 is 0 Å². The van der Waals surface area contributed by atoms with Crippen molar-refractivity contribution >= 4 is 11.8 Å². The van der Waals surface area contributed by atoms with Crippen LogP contribution in [-0.4, -0.2) is 41.3 Å². The molecular formula is C15H20O5. The highest BCUT2D eigenvalue weighted by atomic mass is 16.6. The maximum absolute atomic E-state index is 12.6. The lowest BCUT2D eigenvalue weighted by atomic mass is 9.66. The third kappa shape index (κ3) is 1.26. The number of ketones is 1. The van der Waals surface area contributed by atoms with Crippen LogP contribution in [0.5, 0.6) is 0 Å². The Morgan fingerprint density at radius 3 is 2.70 bits per heavy atom. The van der Waals surface area contributed by atoms with Crippen molar-refractivity contribution < 1.29 is 24.2 Å². The molecule has 4 fully saturated rings. The number of aliphatic hydroxyl groups excluding tert-OH is 1. The number of rotatable bonds is 0. The number of carbonyl (C=O) groups excluding carboxylic acids is 2. The van der Waals surface area contributed by atoms with E-state index < -0.39 is 11.5 Å². The van der Waals surface area contributed by atoms with Crippen LogP contribution in [0.2, 0.25) is 0 Å². The molecule has 0 amide bonds. The Bertz CT molecular complexity index is 502. The topological polar surface area (TPSA) is 76.1 Å². The molecule has 0 radical (unpaired) electrons. The Morgan fingerprint density at radius 1 is 1.30 bits per heavy atom. The largest absolute Gasteiger partial charge is 0.462 e. The van der Waals surface area contributed by atoms with E-state index in [9.17, 15) is 14.7 Å². The normalized spacial score (nSPS) is 60.4. The minimum atomic E-state index is -0.826. The third-order valence-corrected chi connectivity index (χ3v) is 6.20. The van der Waals surface area contributed by atoms with Gasteiger partial charge in [-0.25, -0.2) is 0 Å². The highest BCUT2D eigenvalue weighted by molar-refractivity contribution is 5.95. The first kappa shape index (κ1) is 12.8. The second-order valence-electron chi connectivity index (χ2n) is 7.19. The summed E-state index contributed by atoms with van der Waals surface area (Å²) in [5, 5.41) is 10.9. The van der Waals surface area contributed by atoms with Gasteiger partial charge in [0, 0.05) is 11.8 Å². The average Bonchev–Trinajstić information content (AvgIpc) is 3.06. The molecule has 2 aliphatic heterocycles. The van der Waals surface area contributed by atoms with E-state index in [0.29, 0.717) is 6.42 Å². The number of Topliss-reactive ketones (excluding diaryl/α,β-unsaturated/α-hetero) is 1. The molecule has 2 unspecified atom stereocenters. The second kappa shape index (κ2) is 3.63. The molecule has 0 aromatic carbocycles. The summed E-state index contributed by atoms with van der Waals surface area (Å²) >= 11 is 0. The van der Waals surface area contributed by atoms with Crippen molar-refractivity contribution in [1.29, 1.82) is 0 Å². The third-order valence-electron chi connectivity index (χ3n) is 6.20. The molecule has 110 valence electrons. The molecule has 5 heteroatoms. The van der Waals surface area contributed by atoms with Gasteiger partial charge < -0.3 is 14.6 Å². The number of hydrogen-bond acceptors (Lipinski definition) is 5. The van der Waals surface area contributed by atoms with Gasteiger partial charge in [0.2, 0.25) is 0 Å². The number of fused-ring (bicyclic) bond motifs is 4. The Kier molecular flexibility index (Phi) is 2.32. The standard InChI is InChI=1S/C15H20O5/c1-5-4-7-8(6(2)14(18)19-7)12(16)15(3)9(5)10-11(20-10)13(15)17/h5-12,16H,4H2,1-3H3/t5-,6+,7-,8-,9-,10?,11?,12+,15-/m1/s1. The molecular weight excluding hydrogens is 260 g/mol. The fourth-order valence-electron chi connectivity index (χ4n) is 5.09. The zero-order chi connectivity index (χ0) is 14.4. The van der Waals surface area contributed by atoms with E-state index in [1.54, 1.807) is 6.92 Å². The first-order chi connectivity index (χ1) is 9.37. The number of hydrogen-bond donors (Lipinski definition) is 1. The van der Waals surface area contributed by atoms with Crippen molar-refractivity contribution in [3.63, 3.8) is 0 Å². The van der Waals surface area contributed by atoms with Crippen molar-refractivity contribution in [3.05, 3.63) is 0 Å². The second-order valence-corrected chi connectivity index (χ2v) is 7.19. The first-order valence-corrected chi connectivity index (χ1v) is 7.45. The lowest BCUT2D eigenvalue weighted by Gasteiger charge is -2.39. The summed E-state index contributed by atoms with van der Waals surface area (Å²) < 4.78 is 10.9. The van der Waals surface area contributed by atoms with E-state index in [2.05, 4.69) is 6.92 Å². The van der Waals surface area contributed by atoms with Crippen LogP contribution in [0.3, 0.4) is 0 Å². The van der Waals surface area contributed by atoms with Crippen LogP contribution in [-0.2, 0) is 19.1 Å². The predicted molar refractivity (Wildman–Crippen MR) is 67.6 cm³/mol. The summed E-state index contributed by atoms with van der Waals surface area (Å²) in [6, 6.07) is 0. The summed E-state index contributed by atoms with van der Waals surface area (Å²) in [6.07, 6.45) is -0.755. The summed E-state index contributed by atoms with van der Waals surface area (Å²) in [7, 11) is 0. The molecule has 0 aromatic heterocycles. The zero-order valence-corrected chi connectivity index (χ0v) is 11.9. The molecule has 0 aromatic rings. The van der Waals surface area contributed by atoms with Crippen LogP contribution in [0.1, 0.15) is 27.2 Å². The van der Waals surface area contributed by atoms with E-state index in [4.69, 9.17) is 9.47 Å². The average molecular weight is 280 g/mol. The number of aliphatic hydroxyl groups is 1. The van der Waals surface area contributed by atoms with E-state index in [-0.39, 0.29) is 53.7 Å². The van der Waals surface area contributed by atoms with Crippen LogP contribution < -0.4 is 0 Å². The number of carbonyl (C=O) groups is 2. The van der Waals surface area contributed by atoms with Crippen LogP contribution in [0.15, 0.2) is 0 Å². The number of ether oxygens (including phenoxy) is 2. The predicted octanol–water partition coefficient (Wildman–Crippen LogP) is 0.537. The maximum atomic E-state index is 12.6. The molecule has 0 bridgehead atoms. The summed E-state index contributed by atoms with van der Waals surface area (Å²) in [5.41, 5.74) is -0.797. The van der Waals surface area contributed by atoms with E-state index in [0.717, 1.165) is 0 Å². The fourth-order valence-corrected chi connectivity index (χ4v) is 5.09. The summed E-state index contributed by atoms with van der Waals surface area (Å²) in [5.74, 6) is -0.625. The maximum Gasteiger partial charge on any atom is 0.309 e. The van der Waals surface area contributed by atoms with Crippen molar-refractivity contribution in [3.8, 4) is 0 Å². The Morgan fingerprint density at radius 2 is 2.00 bits per heavy atom. The Labute approximate surface area is 117 Å². The van der Waals surface area contributed by atoms with Gasteiger partial charge in [-0.1, -0.05) is 13.8 Å². The molecule has 2 saturated heterocycles. The molecule has 2 aliphatic carbocycles. The molecule has 4 rings (SSSR count). The van der Waals surface area contributed by atoms with Gasteiger partial charge in [0.05, 0.1) is 23.5 Å². The van der Waals surface area contributed by atoms with Gasteiger partial charge in [0.1, 0.15) is 12.2 Å². The summed E-state index contributed by atoms with van der Waals surface area (Å²) in [6.45, 7) is 5.72.